The number of fused-ring (bicyclic) bond motifs is 9. The van der Waals surface area contributed by atoms with E-state index >= 15 is 0 Å². The molecule has 0 amide bonds. The molecule has 8 aromatic rings. The summed E-state index contributed by atoms with van der Waals surface area (Å²) >= 11 is 0. The third-order valence-electron chi connectivity index (χ3n) is 7.37. The molecule has 0 aliphatic carbocycles. The fraction of sp³-hybridized carbons (Fsp3) is 0. The SMILES string of the molecule is c1cnc2c(c1)ccc1ccc(-c3ccc(-c4cnc5c(c4)c4ccccc4c4cccnc45)cc3)nc12. The molecule has 0 atom stereocenters. The van der Waals surface area contributed by atoms with Crippen LogP contribution in [0.25, 0.3) is 76.8 Å². The average Bonchev–Trinajstić information content (AvgIpc) is 3.01. The first-order valence-electron chi connectivity index (χ1n) is 12.6. The van der Waals surface area contributed by atoms with Crippen molar-refractivity contribution in [2.75, 3.05) is 0 Å². The van der Waals surface area contributed by atoms with Crippen molar-refractivity contribution in [2.24, 2.45) is 0 Å². The van der Waals surface area contributed by atoms with E-state index in [-0.39, 0.29) is 0 Å². The van der Waals surface area contributed by atoms with E-state index in [2.05, 4.69) is 101 Å². The number of hydrogen-bond acceptors (Lipinski definition) is 4. The summed E-state index contributed by atoms with van der Waals surface area (Å²) in [6.07, 6.45) is 5.61. The number of benzene rings is 4. The molecule has 0 unspecified atom stereocenters. The summed E-state index contributed by atoms with van der Waals surface area (Å²) in [7, 11) is 0. The van der Waals surface area contributed by atoms with Gasteiger partial charge < -0.3 is 0 Å². The highest BCUT2D eigenvalue weighted by Crippen LogP contribution is 2.35. The van der Waals surface area contributed by atoms with E-state index in [1.54, 1.807) is 0 Å². The number of aromatic nitrogens is 4. The Bertz CT molecular complexity index is 2150. The van der Waals surface area contributed by atoms with Crippen molar-refractivity contribution in [1.29, 1.82) is 0 Å². The highest BCUT2D eigenvalue weighted by atomic mass is 14.8. The Balaban J connectivity index is 1.24. The van der Waals surface area contributed by atoms with Crippen LogP contribution in [0.15, 0.2) is 122 Å². The van der Waals surface area contributed by atoms with Crippen molar-refractivity contribution in [1.82, 2.24) is 19.9 Å². The molecule has 0 fully saturated rings. The zero-order valence-corrected chi connectivity index (χ0v) is 20.3. The van der Waals surface area contributed by atoms with Crippen molar-refractivity contribution >= 4 is 54.4 Å². The van der Waals surface area contributed by atoms with E-state index in [0.717, 1.165) is 66.0 Å². The number of hydrogen-bond donors (Lipinski definition) is 0. The van der Waals surface area contributed by atoms with Crippen LogP contribution in [-0.2, 0) is 0 Å². The Kier molecular flexibility index (Phi) is 4.49. The van der Waals surface area contributed by atoms with Gasteiger partial charge in [-0.15, -0.1) is 0 Å². The molecule has 0 radical (unpaired) electrons. The summed E-state index contributed by atoms with van der Waals surface area (Å²) in [5, 5.41) is 6.82. The minimum Gasteiger partial charge on any atom is -0.254 e. The maximum absolute atomic E-state index is 5.00. The van der Waals surface area contributed by atoms with Gasteiger partial charge in [0.25, 0.3) is 0 Å². The minimum atomic E-state index is 0.927. The molecule has 0 saturated carbocycles. The molecule has 0 spiro atoms. The highest BCUT2D eigenvalue weighted by molar-refractivity contribution is 6.23. The first-order valence-corrected chi connectivity index (χ1v) is 12.6. The van der Waals surface area contributed by atoms with Gasteiger partial charge in [0.15, 0.2) is 0 Å². The van der Waals surface area contributed by atoms with Gasteiger partial charge in [-0.2, -0.15) is 0 Å². The fourth-order valence-corrected chi connectivity index (χ4v) is 5.50. The summed E-state index contributed by atoms with van der Waals surface area (Å²) in [6, 6.07) is 35.8. The lowest BCUT2D eigenvalue weighted by atomic mass is 9.97. The van der Waals surface area contributed by atoms with Gasteiger partial charge in [0.1, 0.15) is 0 Å². The van der Waals surface area contributed by atoms with Crippen LogP contribution in [0.5, 0.6) is 0 Å². The number of nitrogens with zero attached hydrogens (tertiary/aromatic N) is 4. The minimum absolute atomic E-state index is 0.927. The molecule has 4 heterocycles. The molecule has 4 aromatic heterocycles. The third kappa shape index (κ3) is 3.17. The van der Waals surface area contributed by atoms with E-state index in [4.69, 9.17) is 9.97 Å². The Labute approximate surface area is 218 Å². The summed E-state index contributed by atoms with van der Waals surface area (Å²) in [5.74, 6) is 0. The lowest BCUT2D eigenvalue weighted by Gasteiger charge is -2.11. The van der Waals surface area contributed by atoms with Crippen molar-refractivity contribution in [2.45, 2.75) is 0 Å². The molecule has 176 valence electrons. The summed E-state index contributed by atoms with van der Waals surface area (Å²) in [5.41, 5.74) is 7.91. The van der Waals surface area contributed by atoms with Crippen LogP contribution in [0.3, 0.4) is 0 Å². The van der Waals surface area contributed by atoms with Crippen LogP contribution >= 0.6 is 0 Å². The van der Waals surface area contributed by atoms with Gasteiger partial charge in [0, 0.05) is 51.3 Å². The summed E-state index contributed by atoms with van der Waals surface area (Å²) < 4.78 is 0. The van der Waals surface area contributed by atoms with Gasteiger partial charge in [-0.25, -0.2) is 4.98 Å². The molecular formula is C34H20N4. The van der Waals surface area contributed by atoms with Gasteiger partial charge in [-0.05, 0) is 40.6 Å². The quantitative estimate of drug-likeness (QED) is 0.231. The van der Waals surface area contributed by atoms with Crippen molar-refractivity contribution < 1.29 is 0 Å². The first kappa shape index (κ1) is 20.9. The maximum atomic E-state index is 5.00. The molecule has 4 heteroatoms. The Morgan fingerprint density at radius 1 is 0.395 bits per heavy atom. The van der Waals surface area contributed by atoms with Crippen LogP contribution in [-0.4, -0.2) is 19.9 Å². The Morgan fingerprint density at radius 3 is 1.87 bits per heavy atom. The van der Waals surface area contributed by atoms with Gasteiger partial charge in [0.05, 0.1) is 27.8 Å². The van der Waals surface area contributed by atoms with E-state index in [9.17, 15) is 0 Å². The van der Waals surface area contributed by atoms with E-state index in [1.165, 1.54) is 10.8 Å². The second kappa shape index (κ2) is 8.15. The predicted octanol–water partition coefficient (Wildman–Crippen LogP) is 8.37. The molecule has 0 bridgehead atoms. The third-order valence-corrected chi connectivity index (χ3v) is 7.37. The van der Waals surface area contributed by atoms with Gasteiger partial charge in [0.2, 0.25) is 0 Å². The van der Waals surface area contributed by atoms with Crippen molar-refractivity contribution in [3.63, 3.8) is 0 Å². The van der Waals surface area contributed by atoms with Gasteiger partial charge >= 0.3 is 0 Å². The van der Waals surface area contributed by atoms with E-state index in [1.807, 2.05) is 30.7 Å². The molecule has 8 rings (SSSR count). The Morgan fingerprint density at radius 2 is 1.03 bits per heavy atom. The lowest BCUT2D eigenvalue weighted by molar-refractivity contribution is 1.37. The molecule has 0 N–H and O–H groups in total. The number of pyridine rings is 4. The molecule has 38 heavy (non-hydrogen) atoms. The molecule has 0 saturated heterocycles. The van der Waals surface area contributed by atoms with Crippen molar-refractivity contribution in [3.05, 3.63) is 122 Å². The average molecular weight is 485 g/mol. The van der Waals surface area contributed by atoms with E-state index in [0.29, 0.717) is 0 Å². The van der Waals surface area contributed by atoms with Crippen LogP contribution < -0.4 is 0 Å². The normalized spacial score (nSPS) is 11.7. The van der Waals surface area contributed by atoms with Gasteiger partial charge in [-0.3, -0.25) is 15.0 Å². The zero-order chi connectivity index (χ0) is 25.1. The monoisotopic (exact) mass is 484 g/mol. The molecular weight excluding hydrogens is 464 g/mol. The second-order valence-electron chi connectivity index (χ2n) is 9.55. The molecule has 4 nitrogen and oxygen atoms in total. The predicted molar refractivity (Wildman–Crippen MR) is 156 cm³/mol. The van der Waals surface area contributed by atoms with Gasteiger partial charge in [-0.1, -0.05) is 78.9 Å². The number of rotatable bonds is 2. The standard InChI is InChI=1S/C34H20N4/c1-2-7-27-26(6-1)28-8-4-18-36-33(28)34-29(27)19-25(20-37-34)21-9-11-22(12-10-21)30-16-15-24-14-13-23-5-3-17-35-31(23)32(24)38-30/h1-20H. The Hall–Kier alpha value is -5.22. The first-order chi connectivity index (χ1) is 18.8. The van der Waals surface area contributed by atoms with Crippen molar-refractivity contribution in [3.8, 4) is 22.4 Å². The van der Waals surface area contributed by atoms with Crippen LogP contribution in [0.4, 0.5) is 0 Å². The molecule has 4 aromatic carbocycles. The molecule has 0 aliphatic rings. The summed E-state index contributed by atoms with van der Waals surface area (Å²) in [4.78, 5) is 19.2. The highest BCUT2D eigenvalue weighted by Gasteiger charge is 2.12. The van der Waals surface area contributed by atoms with Crippen LogP contribution in [0, 0.1) is 0 Å². The topological polar surface area (TPSA) is 51.6 Å². The lowest BCUT2D eigenvalue weighted by Crippen LogP contribution is -1.90. The fourth-order valence-electron chi connectivity index (χ4n) is 5.50. The largest absolute Gasteiger partial charge is 0.254 e. The van der Waals surface area contributed by atoms with Crippen LogP contribution in [0.1, 0.15) is 0 Å². The zero-order valence-electron chi connectivity index (χ0n) is 20.3. The summed E-state index contributed by atoms with van der Waals surface area (Å²) in [6.45, 7) is 0. The van der Waals surface area contributed by atoms with E-state index < -0.39 is 0 Å². The maximum Gasteiger partial charge on any atom is 0.0972 e. The van der Waals surface area contributed by atoms with Crippen LogP contribution in [0.2, 0.25) is 0 Å². The smallest absolute Gasteiger partial charge is 0.0972 e. The molecule has 0 aliphatic heterocycles. The second-order valence-corrected chi connectivity index (χ2v) is 9.55.